The first-order chi connectivity index (χ1) is 12.9. The molecule has 2 unspecified atom stereocenters. The smallest absolute Gasteiger partial charge is 0.208 e. The SMILES string of the molecule is CCCCCC(NS(C)(=O)=O)C(C)COC1CCC(C2=CCCC=C2)CC1. The third-order valence-corrected chi connectivity index (χ3v) is 6.67. The van der Waals surface area contributed by atoms with Crippen molar-refractivity contribution in [1.82, 2.24) is 4.72 Å². The monoisotopic (exact) mass is 397 g/mol. The van der Waals surface area contributed by atoms with Crippen molar-refractivity contribution in [3.8, 4) is 0 Å². The van der Waals surface area contributed by atoms with E-state index in [0.717, 1.165) is 38.5 Å². The number of nitrogens with one attached hydrogen (secondary N) is 1. The number of ether oxygens (including phenoxy) is 1. The molecule has 156 valence electrons. The minimum Gasteiger partial charge on any atom is -0.378 e. The second-order valence-corrected chi connectivity index (χ2v) is 10.2. The second kappa shape index (κ2) is 11.4. The Bertz CT molecular complexity index is 589. The normalized spacial score (nSPS) is 25.8. The Morgan fingerprint density at radius 2 is 1.93 bits per heavy atom. The van der Waals surface area contributed by atoms with Gasteiger partial charge in [0, 0.05) is 6.04 Å². The molecular weight excluding hydrogens is 358 g/mol. The van der Waals surface area contributed by atoms with Crippen molar-refractivity contribution in [2.75, 3.05) is 12.9 Å². The van der Waals surface area contributed by atoms with Gasteiger partial charge in [-0.1, -0.05) is 51.3 Å². The van der Waals surface area contributed by atoms with Crippen molar-refractivity contribution < 1.29 is 13.2 Å². The summed E-state index contributed by atoms with van der Waals surface area (Å²) in [5, 5.41) is 0. The highest BCUT2D eigenvalue weighted by Gasteiger charge is 2.26. The van der Waals surface area contributed by atoms with E-state index in [-0.39, 0.29) is 12.0 Å². The molecule has 0 aromatic rings. The topological polar surface area (TPSA) is 55.4 Å². The summed E-state index contributed by atoms with van der Waals surface area (Å²) < 4.78 is 32.5. The zero-order chi connectivity index (χ0) is 19.7. The highest BCUT2D eigenvalue weighted by Crippen LogP contribution is 2.33. The molecule has 0 saturated heterocycles. The lowest BCUT2D eigenvalue weighted by molar-refractivity contribution is -0.000472. The van der Waals surface area contributed by atoms with E-state index in [4.69, 9.17) is 4.74 Å². The van der Waals surface area contributed by atoms with Crippen LogP contribution in [0, 0.1) is 11.8 Å². The van der Waals surface area contributed by atoms with Crippen molar-refractivity contribution in [1.29, 1.82) is 0 Å². The maximum absolute atomic E-state index is 11.7. The quantitative estimate of drug-likeness (QED) is 0.501. The van der Waals surface area contributed by atoms with Gasteiger partial charge in [0.25, 0.3) is 0 Å². The average Bonchev–Trinajstić information content (AvgIpc) is 2.65. The molecule has 0 aromatic carbocycles. The van der Waals surface area contributed by atoms with Crippen LogP contribution in [0.2, 0.25) is 0 Å². The molecule has 0 amide bonds. The average molecular weight is 398 g/mol. The van der Waals surface area contributed by atoms with Crippen molar-refractivity contribution in [3.05, 3.63) is 23.8 Å². The Morgan fingerprint density at radius 3 is 2.52 bits per heavy atom. The van der Waals surface area contributed by atoms with Gasteiger partial charge in [-0.15, -0.1) is 0 Å². The summed E-state index contributed by atoms with van der Waals surface area (Å²) in [4.78, 5) is 0. The van der Waals surface area contributed by atoms with Gasteiger partial charge in [0.15, 0.2) is 0 Å². The van der Waals surface area contributed by atoms with Gasteiger partial charge in [-0.3, -0.25) is 0 Å². The Balaban J connectivity index is 1.76. The van der Waals surface area contributed by atoms with E-state index in [1.54, 1.807) is 0 Å². The molecular formula is C22H39NO3S. The number of hydrogen-bond acceptors (Lipinski definition) is 3. The van der Waals surface area contributed by atoms with Crippen LogP contribution in [0.3, 0.4) is 0 Å². The molecule has 1 fully saturated rings. The number of unbranched alkanes of at least 4 members (excludes halogenated alkanes) is 2. The van der Waals surface area contributed by atoms with Crippen molar-refractivity contribution in [2.24, 2.45) is 11.8 Å². The molecule has 2 rings (SSSR count). The van der Waals surface area contributed by atoms with Gasteiger partial charge in [-0.2, -0.15) is 0 Å². The Hall–Kier alpha value is -0.650. The molecule has 0 aromatic heterocycles. The molecule has 27 heavy (non-hydrogen) atoms. The Labute approximate surface area is 166 Å². The lowest BCUT2D eigenvalue weighted by atomic mass is 9.81. The first-order valence-corrected chi connectivity index (χ1v) is 12.7. The van der Waals surface area contributed by atoms with E-state index in [0.29, 0.717) is 18.6 Å². The predicted molar refractivity (Wildman–Crippen MR) is 113 cm³/mol. The minimum absolute atomic E-state index is 0.0274. The first-order valence-electron chi connectivity index (χ1n) is 10.8. The Morgan fingerprint density at radius 1 is 1.19 bits per heavy atom. The fourth-order valence-corrected chi connectivity index (χ4v) is 5.15. The standard InChI is InChI=1S/C22H39NO3S/c1-4-5-7-12-22(23-27(3,24)25)18(2)17-26-21-15-13-20(14-16-21)19-10-8-6-9-11-19/h8,10-11,18,20-23H,4-7,9,12-17H2,1-3H3. The highest BCUT2D eigenvalue weighted by atomic mass is 32.2. The maximum atomic E-state index is 11.7. The third kappa shape index (κ3) is 8.49. The van der Waals surface area contributed by atoms with Gasteiger partial charge in [0.1, 0.15) is 0 Å². The van der Waals surface area contributed by atoms with Crippen molar-refractivity contribution in [3.63, 3.8) is 0 Å². The molecule has 2 aliphatic carbocycles. The zero-order valence-corrected chi connectivity index (χ0v) is 18.3. The van der Waals surface area contributed by atoms with Gasteiger partial charge >= 0.3 is 0 Å². The van der Waals surface area contributed by atoms with Gasteiger partial charge in [0.2, 0.25) is 10.0 Å². The molecule has 2 atom stereocenters. The molecule has 0 bridgehead atoms. The van der Waals surface area contributed by atoms with E-state index >= 15 is 0 Å². The van der Waals surface area contributed by atoms with Crippen LogP contribution in [0.4, 0.5) is 0 Å². The molecule has 2 aliphatic rings. The third-order valence-electron chi connectivity index (χ3n) is 5.94. The Kier molecular flexibility index (Phi) is 9.54. The summed E-state index contributed by atoms with van der Waals surface area (Å²) in [6.45, 7) is 4.91. The molecule has 0 spiro atoms. The van der Waals surface area contributed by atoms with Crippen LogP contribution < -0.4 is 4.72 Å². The fraction of sp³-hybridized carbons (Fsp3) is 0.818. The zero-order valence-electron chi connectivity index (χ0n) is 17.5. The summed E-state index contributed by atoms with van der Waals surface area (Å²) in [6, 6.07) is -0.0274. The molecule has 1 saturated carbocycles. The molecule has 1 N–H and O–H groups in total. The van der Waals surface area contributed by atoms with Crippen LogP contribution in [0.15, 0.2) is 23.8 Å². The second-order valence-electron chi connectivity index (χ2n) is 8.46. The predicted octanol–water partition coefficient (Wildman–Crippen LogP) is 4.97. The molecule has 0 heterocycles. The minimum atomic E-state index is -3.19. The van der Waals surface area contributed by atoms with Crippen LogP contribution in [0.1, 0.15) is 78.1 Å². The number of allylic oxidation sites excluding steroid dienone is 4. The largest absolute Gasteiger partial charge is 0.378 e. The van der Waals surface area contributed by atoms with E-state index in [1.165, 1.54) is 37.5 Å². The molecule has 4 nitrogen and oxygen atoms in total. The maximum Gasteiger partial charge on any atom is 0.208 e. The lowest BCUT2D eigenvalue weighted by Gasteiger charge is -2.32. The van der Waals surface area contributed by atoms with Gasteiger partial charge in [0.05, 0.1) is 19.0 Å². The molecule has 0 radical (unpaired) electrons. The summed E-state index contributed by atoms with van der Waals surface area (Å²) in [6.07, 6.45) is 19.8. The van der Waals surface area contributed by atoms with E-state index in [9.17, 15) is 8.42 Å². The summed E-state index contributed by atoms with van der Waals surface area (Å²) in [5.41, 5.74) is 1.53. The van der Waals surface area contributed by atoms with Crippen molar-refractivity contribution >= 4 is 10.0 Å². The van der Waals surface area contributed by atoms with Gasteiger partial charge < -0.3 is 4.74 Å². The summed E-state index contributed by atoms with van der Waals surface area (Å²) in [5.74, 6) is 0.894. The van der Waals surface area contributed by atoms with Crippen LogP contribution in [0.5, 0.6) is 0 Å². The van der Waals surface area contributed by atoms with E-state index in [2.05, 4.69) is 36.8 Å². The lowest BCUT2D eigenvalue weighted by Crippen LogP contribution is -2.41. The molecule has 0 aliphatic heterocycles. The highest BCUT2D eigenvalue weighted by molar-refractivity contribution is 7.88. The molecule has 5 heteroatoms. The van der Waals surface area contributed by atoms with E-state index in [1.807, 2.05) is 0 Å². The first kappa shape index (κ1) is 22.6. The fourth-order valence-electron chi connectivity index (χ4n) is 4.25. The van der Waals surface area contributed by atoms with Crippen LogP contribution in [-0.4, -0.2) is 33.4 Å². The van der Waals surface area contributed by atoms with Crippen LogP contribution >= 0.6 is 0 Å². The summed E-state index contributed by atoms with van der Waals surface area (Å²) >= 11 is 0. The number of hydrogen-bond donors (Lipinski definition) is 1. The summed E-state index contributed by atoms with van der Waals surface area (Å²) in [7, 11) is -3.19. The van der Waals surface area contributed by atoms with Crippen LogP contribution in [0.25, 0.3) is 0 Å². The van der Waals surface area contributed by atoms with E-state index < -0.39 is 10.0 Å². The van der Waals surface area contributed by atoms with Crippen LogP contribution in [-0.2, 0) is 14.8 Å². The van der Waals surface area contributed by atoms with Gasteiger partial charge in [-0.05, 0) is 62.4 Å². The van der Waals surface area contributed by atoms with Crippen molar-refractivity contribution in [2.45, 2.75) is 90.2 Å². The van der Waals surface area contributed by atoms with Gasteiger partial charge in [-0.25, -0.2) is 13.1 Å². The number of rotatable bonds is 11. The number of sulfonamides is 1.